The first-order valence-electron chi connectivity index (χ1n) is 10.6. The average Bonchev–Trinajstić information content (AvgIpc) is 2.82. The van der Waals surface area contributed by atoms with E-state index >= 15 is 0 Å². The van der Waals surface area contributed by atoms with E-state index in [1.807, 2.05) is 18.2 Å². The van der Waals surface area contributed by atoms with Crippen LogP contribution in [0.5, 0.6) is 0 Å². The standard InChI is InChI=1S/C23H38O5/c1-5-6-9-12-17(24)15-16-19-18(21(26)23(2,3)22(19)27)13-10-7-8-11-14-20(25)28-4/h7,10,15-19,22,24,27H,5-6,8-9,11-14H2,1-4H3/t17?,18-,19-,22+/m1/s1. The summed E-state index contributed by atoms with van der Waals surface area (Å²) in [6, 6.07) is 0. The zero-order valence-corrected chi connectivity index (χ0v) is 17.9. The van der Waals surface area contributed by atoms with Gasteiger partial charge in [0, 0.05) is 18.3 Å². The van der Waals surface area contributed by atoms with Crippen molar-refractivity contribution in [2.24, 2.45) is 17.3 Å². The smallest absolute Gasteiger partial charge is 0.305 e. The van der Waals surface area contributed by atoms with E-state index in [0.717, 1.165) is 25.7 Å². The Kier molecular flexibility index (Phi) is 10.7. The number of ketones is 1. The van der Waals surface area contributed by atoms with Gasteiger partial charge in [-0.05, 0) is 25.7 Å². The Morgan fingerprint density at radius 1 is 1.25 bits per heavy atom. The van der Waals surface area contributed by atoms with Gasteiger partial charge in [0.15, 0.2) is 0 Å². The summed E-state index contributed by atoms with van der Waals surface area (Å²) in [5, 5.41) is 20.8. The van der Waals surface area contributed by atoms with E-state index in [9.17, 15) is 19.8 Å². The Morgan fingerprint density at radius 2 is 1.96 bits per heavy atom. The highest BCUT2D eigenvalue weighted by Crippen LogP contribution is 2.44. The summed E-state index contributed by atoms with van der Waals surface area (Å²) in [7, 11) is 1.38. The van der Waals surface area contributed by atoms with E-state index in [1.54, 1.807) is 19.9 Å². The minimum atomic E-state index is -0.786. The molecule has 0 amide bonds. The molecule has 2 N–H and O–H groups in total. The fourth-order valence-electron chi connectivity index (χ4n) is 3.79. The number of allylic oxidation sites excluding steroid dienone is 2. The molecule has 4 atom stereocenters. The number of esters is 1. The molecule has 1 unspecified atom stereocenters. The van der Waals surface area contributed by atoms with Gasteiger partial charge in [0.05, 0.1) is 24.7 Å². The van der Waals surface area contributed by atoms with E-state index in [2.05, 4.69) is 11.7 Å². The molecule has 160 valence electrons. The maximum Gasteiger partial charge on any atom is 0.305 e. The fourth-order valence-corrected chi connectivity index (χ4v) is 3.79. The van der Waals surface area contributed by atoms with Gasteiger partial charge in [-0.15, -0.1) is 0 Å². The van der Waals surface area contributed by atoms with Crippen molar-refractivity contribution in [2.75, 3.05) is 7.11 Å². The molecule has 0 saturated heterocycles. The molecule has 28 heavy (non-hydrogen) atoms. The topological polar surface area (TPSA) is 83.8 Å². The van der Waals surface area contributed by atoms with Gasteiger partial charge in [-0.2, -0.15) is 0 Å². The van der Waals surface area contributed by atoms with Crippen LogP contribution >= 0.6 is 0 Å². The van der Waals surface area contributed by atoms with Crippen LogP contribution in [0.1, 0.15) is 72.1 Å². The van der Waals surface area contributed by atoms with E-state index in [4.69, 9.17) is 0 Å². The van der Waals surface area contributed by atoms with Gasteiger partial charge in [-0.25, -0.2) is 0 Å². The molecule has 1 aliphatic rings. The van der Waals surface area contributed by atoms with E-state index in [1.165, 1.54) is 7.11 Å². The summed E-state index contributed by atoms with van der Waals surface area (Å²) >= 11 is 0. The van der Waals surface area contributed by atoms with Gasteiger partial charge in [-0.1, -0.05) is 64.3 Å². The zero-order chi connectivity index (χ0) is 21.2. The number of Topliss-reactive ketones (excluding diaryl/α,β-unsaturated/α-hetero) is 1. The minimum Gasteiger partial charge on any atom is -0.469 e. The molecule has 0 aromatic rings. The average molecular weight is 395 g/mol. The van der Waals surface area contributed by atoms with Gasteiger partial charge in [-0.3, -0.25) is 9.59 Å². The third-order valence-corrected chi connectivity index (χ3v) is 5.74. The Balaban J connectivity index is 2.66. The van der Waals surface area contributed by atoms with Crippen LogP contribution in [-0.2, 0) is 14.3 Å². The predicted molar refractivity (Wildman–Crippen MR) is 111 cm³/mol. The molecule has 0 aromatic carbocycles. The van der Waals surface area contributed by atoms with Crippen molar-refractivity contribution in [3.05, 3.63) is 24.3 Å². The molecule has 0 aliphatic heterocycles. The maximum atomic E-state index is 12.8. The molecule has 5 heteroatoms. The molecule has 0 aromatic heterocycles. The van der Waals surface area contributed by atoms with Crippen LogP contribution in [0, 0.1) is 17.3 Å². The van der Waals surface area contributed by atoms with Crippen LogP contribution in [0.25, 0.3) is 0 Å². The molecule has 1 saturated carbocycles. The van der Waals surface area contributed by atoms with Crippen molar-refractivity contribution in [1.29, 1.82) is 0 Å². The highest BCUT2D eigenvalue weighted by atomic mass is 16.5. The Morgan fingerprint density at radius 3 is 2.61 bits per heavy atom. The van der Waals surface area contributed by atoms with Crippen molar-refractivity contribution in [3.63, 3.8) is 0 Å². The van der Waals surface area contributed by atoms with Crippen LogP contribution in [0.2, 0.25) is 0 Å². The summed E-state index contributed by atoms with van der Waals surface area (Å²) in [5.41, 5.74) is -0.786. The summed E-state index contributed by atoms with van der Waals surface area (Å²) in [6.07, 6.45) is 12.5. The molecule has 0 spiro atoms. The quantitative estimate of drug-likeness (QED) is 0.297. The molecule has 1 aliphatic carbocycles. The largest absolute Gasteiger partial charge is 0.469 e. The number of unbranched alkanes of at least 4 members (excludes halogenated alkanes) is 3. The summed E-state index contributed by atoms with van der Waals surface area (Å²) in [6.45, 7) is 5.70. The van der Waals surface area contributed by atoms with Crippen LogP contribution in [0.15, 0.2) is 24.3 Å². The maximum absolute atomic E-state index is 12.8. The van der Waals surface area contributed by atoms with Crippen LogP contribution in [0.3, 0.4) is 0 Å². The first-order chi connectivity index (χ1) is 13.3. The van der Waals surface area contributed by atoms with E-state index in [0.29, 0.717) is 25.7 Å². The van der Waals surface area contributed by atoms with Gasteiger partial charge in [0.25, 0.3) is 0 Å². The molecule has 0 bridgehead atoms. The van der Waals surface area contributed by atoms with Crippen LogP contribution < -0.4 is 0 Å². The number of rotatable bonds is 12. The first-order valence-corrected chi connectivity index (χ1v) is 10.6. The fraction of sp³-hybridized carbons (Fsp3) is 0.739. The summed E-state index contributed by atoms with van der Waals surface area (Å²) in [4.78, 5) is 23.9. The molecule has 1 rings (SSSR count). The highest BCUT2D eigenvalue weighted by molar-refractivity contribution is 5.90. The van der Waals surface area contributed by atoms with Gasteiger partial charge < -0.3 is 14.9 Å². The zero-order valence-electron chi connectivity index (χ0n) is 17.9. The van der Waals surface area contributed by atoms with Crippen molar-refractivity contribution < 1.29 is 24.5 Å². The van der Waals surface area contributed by atoms with Gasteiger partial charge in [0.1, 0.15) is 5.78 Å². The SMILES string of the molecule is CCCCCC(O)C=C[C@@H]1[C@@H](CC=CCCCC(=O)OC)C(=O)C(C)(C)[C@H]1O. The van der Waals surface area contributed by atoms with E-state index in [-0.39, 0.29) is 23.6 Å². The van der Waals surface area contributed by atoms with Crippen LogP contribution in [-0.4, -0.2) is 41.3 Å². The highest BCUT2D eigenvalue weighted by Gasteiger charge is 2.52. The Labute approximate surface area is 169 Å². The van der Waals surface area contributed by atoms with Crippen molar-refractivity contribution >= 4 is 11.8 Å². The third-order valence-electron chi connectivity index (χ3n) is 5.74. The third kappa shape index (κ3) is 7.17. The molecular weight excluding hydrogens is 356 g/mol. The lowest BCUT2D eigenvalue weighted by Crippen LogP contribution is -2.31. The number of hydrogen-bond donors (Lipinski definition) is 2. The number of ether oxygens (including phenoxy) is 1. The normalized spacial score (nSPS) is 25.6. The molecule has 1 fully saturated rings. The second-order valence-electron chi connectivity index (χ2n) is 8.34. The van der Waals surface area contributed by atoms with E-state index < -0.39 is 17.6 Å². The molecular formula is C23H38O5. The first kappa shape index (κ1) is 24.6. The number of carbonyl (C=O) groups is 2. The summed E-state index contributed by atoms with van der Waals surface area (Å²) in [5.74, 6) is -0.731. The second-order valence-corrected chi connectivity index (χ2v) is 8.34. The predicted octanol–water partition coefficient (Wildman–Crippen LogP) is 3.98. The molecule has 5 nitrogen and oxygen atoms in total. The number of methoxy groups -OCH3 is 1. The molecule has 0 radical (unpaired) electrons. The lowest BCUT2D eigenvalue weighted by molar-refractivity contribution is -0.140. The van der Waals surface area contributed by atoms with Crippen molar-refractivity contribution in [1.82, 2.24) is 0 Å². The number of aliphatic hydroxyl groups is 2. The van der Waals surface area contributed by atoms with Gasteiger partial charge in [0.2, 0.25) is 0 Å². The monoisotopic (exact) mass is 394 g/mol. The summed E-state index contributed by atoms with van der Waals surface area (Å²) < 4.78 is 4.61. The minimum absolute atomic E-state index is 0.0642. The van der Waals surface area contributed by atoms with Crippen molar-refractivity contribution in [3.8, 4) is 0 Å². The Hall–Kier alpha value is -1.46. The second kappa shape index (κ2) is 12.2. The lowest BCUT2D eigenvalue weighted by Gasteiger charge is -2.22. The van der Waals surface area contributed by atoms with Gasteiger partial charge >= 0.3 is 5.97 Å². The number of hydrogen-bond acceptors (Lipinski definition) is 5. The number of carbonyl (C=O) groups excluding carboxylic acids is 2. The lowest BCUT2D eigenvalue weighted by atomic mass is 9.86. The number of aliphatic hydroxyl groups excluding tert-OH is 2. The van der Waals surface area contributed by atoms with Crippen molar-refractivity contribution in [2.45, 2.75) is 84.3 Å². The Bertz CT molecular complexity index is 549. The van der Waals surface area contributed by atoms with Crippen LogP contribution in [0.4, 0.5) is 0 Å². The molecule has 0 heterocycles.